The van der Waals surface area contributed by atoms with Crippen LogP contribution in [0.4, 0.5) is 0 Å². The minimum atomic E-state index is 0.0268. The molecule has 4 aromatic heterocycles. The van der Waals surface area contributed by atoms with Gasteiger partial charge in [-0.25, -0.2) is 0 Å². The standard InChI is InChI=1S/C25H29N5OS/c31-24(16-21(20-9-15-32-18-20)29-12-6-7-13-29)26-19-25(10-3-1-4-11-25)17-23-28-27-22-8-2-5-14-30(22)23/h2,5-9,12-15,18,21H,1,3-4,10-11,16-17,19H2,(H,26,31). The van der Waals surface area contributed by atoms with Crippen LogP contribution >= 0.6 is 11.3 Å². The lowest BCUT2D eigenvalue weighted by atomic mass is 9.71. The number of thiophene rings is 1. The Bertz CT molecular complexity index is 1110. The molecule has 1 saturated carbocycles. The number of pyridine rings is 1. The zero-order valence-electron chi connectivity index (χ0n) is 18.2. The first-order valence-electron chi connectivity index (χ1n) is 11.4. The second-order valence-electron chi connectivity index (χ2n) is 8.97. The molecule has 4 aromatic rings. The van der Waals surface area contributed by atoms with Gasteiger partial charge in [0.25, 0.3) is 0 Å². The Labute approximate surface area is 192 Å². The third-order valence-electron chi connectivity index (χ3n) is 6.79. The molecule has 1 atom stereocenters. The fourth-order valence-corrected chi connectivity index (χ4v) is 5.72. The number of aromatic nitrogens is 4. The van der Waals surface area contributed by atoms with Crippen LogP contribution in [-0.2, 0) is 11.2 Å². The molecule has 0 aliphatic heterocycles. The molecule has 32 heavy (non-hydrogen) atoms. The molecule has 7 heteroatoms. The SMILES string of the molecule is O=C(CC(c1ccsc1)n1cccc1)NCC1(Cc2nnc3ccccn23)CCCCC1. The second kappa shape index (κ2) is 9.28. The van der Waals surface area contributed by atoms with Gasteiger partial charge in [0.15, 0.2) is 5.65 Å². The molecule has 0 bridgehead atoms. The van der Waals surface area contributed by atoms with Gasteiger partial charge in [-0.1, -0.05) is 25.3 Å². The summed E-state index contributed by atoms with van der Waals surface area (Å²) >= 11 is 1.67. The topological polar surface area (TPSA) is 64.2 Å². The molecule has 1 aliphatic rings. The molecule has 0 aromatic carbocycles. The first-order valence-corrected chi connectivity index (χ1v) is 12.4. The molecule has 0 spiro atoms. The predicted octanol–water partition coefficient (Wildman–Crippen LogP) is 4.88. The molecule has 1 aliphatic carbocycles. The summed E-state index contributed by atoms with van der Waals surface area (Å²) in [5.41, 5.74) is 2.10. The van der Waals surface area contributed by atoms with Crippen LogP contribution in [0.3, 0.4) is 0 Å². The third kappa shape index (κ3) is 4.48. The quantitative estimate of drug-likeness (QED) is 0.419. The third-order valence-corrected chi connectivity index (χ3v) is 7.49. The molecule has 6 nitrogen and oxygen atoms in total. The van der Waals surface area contributed by atoms with E-state index in [1.54, 1.807) is 11.3 Å². The van der Waals surface area contributed by atoms with Gasteiger partial charge in [0.2, 0.25) is 5.91 Å². The molecule has 1 unspecified atom stereocenters. The summed E-state index contributed by atoms with van der Waals surface area (Å²) in [6, 6.07) is 12.1. The van der Waals surface area contributed by atoms with Crippen molar-refractivity contribution in [2.75, 3.05) is 6.54 Å². The Kier molecular flexibility index (Phi) is 6.08. The number of fused-ring (bicyclic) bond motifs is 1. The Morgan fingerprint density at radius 1 is 1.06 bits per heavy atom. The average molecular weight is 448 g/mol. The Hall–Kier alpha value is -2.93. The Morgan fingerprint density at radius 2 is 1.88 bits per heavy atom. The minimum Gasteiger partial charge on any atom is -0.355 e. The van der Waals surface area contributed by atoms with Gasteiger partial charge >= 0.3 is 0 Å². The molecular weight excluding hydrogens is 418 g/mol. The molecular formula is C25H29N5OS. The number of amides is 1. The molecule has 1 amide bonds. The van der Waals surface area contributed by atoms with Crippen molar-refractivity contribution in [1.82, 2.24) is 24.5 Å². The van der Waals surface area contributed by atoms with E-state index in [0.717, 1.165) is 30.7 Å². The van der Waals surface area contributed by atoms with Crippen LogP contribution in [0.15, 0.2) is 65.7 Å². The van der Waals surface area contributed by atoms with Crippen LogP contribution in [0.5, 0.6) is 0 Å². The predicted molar refractivity (Wildman–Crippen MR) is 127 cm³/mol. The molecule has 166 valence electrons. The lowest BCUT2D eigenvalue weighted by Gasteiger charge is -2.37. The van der Waals surface area contributed by atoms with E-state index < -0.39 is 0 Å². The first-order chi connectivity index (χ1) is 15.7. The maximum Gasteiger partial charge on any atom is 0.222 e. The number of rotatable bonds is 8. The van der Waals surface area contributed by atoms with Crippen LogP contribution in [-0.4, -0.2) is 31.6 Å². The summed E-state index contributed by atoms with van der Waals surface area (Å²) < 4.78 is 4.21. The molecule has 1 N–H and O–H groups in total. The van der Waals surface area contributed by atoms with Crippen molar-refractivity contribution in [1.29, 1.82) is 0 Å². The highest BCUT2D eigenvalue weighted by Gasteiger charge is 2.34. The number of nitrogens with zero attached hydrogens (tertiary/aromatic N) is 4. The van der Waals surface area contributed by atoms with Gasteiger partial charge in [0.05, 0.1) is 12.5 Å². The highest BCUT2D eigenvalue weighted by molar-refractivity contribution is 7.08. The number of carbonyl (C=O) groups is 1. The van der Waals surface area contributed by atoms with Crippen LogP contribution in [0, 0.1) is 5.41 Å². The van der Waals surface area contributed by atoms with Gasteiger partial charge in [0.1, 0.15) is 5.82 Å². The van der Waals surface area contributed by atoms with Crippen molar-refractivity contribution in [3.8, 4) is 0 Å². The summed E-state index contributed by atoms with van der Waals surface area (Å²) in [5.74, 6) is 1.09. The van der Waals surface area contributed by atoms with Crippen molar-refractivity contribution in [3.05, 3.63) is 77.1 Å². The van der Waals surface area contributed by atoms with Gasteiger partial charge < -0.3 is 9.88 Å². The largest absolute Gasteiger partial charge is 0.355 e. The second-order valence-corrected chi connectivity index (χ2v) is 9.75. The van der Waals surface area contributed by atoms with Crippen LogP contribution in [0.1, 0.15) is 56.0 Å². The highest BCUT2D eigenvalue weighted by atomic mass is 32.1. The zero-order valence-corrected chi connectivity index (χ0v) is 19.0. The van der Waals surface area contributed by atoms with Crippen molar-refractivity contribution in [2.24, 2.45) is 5.41 Å². The van der Waals surface area contributed by atoms with Gasteiger partial charge in [-0.3, -0.25) is 9.20 Å². The summed E-state index contributed by atoms with van der Waals surface area (Å²) in [7, 11) is 0. The lowest BCUT2D eigenvalue weighted by Crippen LogP contribution is -2.41. The Balaban J connectivity index is 1.29. The molecule has 4 heterocycles. The summed E-state index contributed by atoms with van der Waals surface area (Å²) in [5, 5.41) is 16.3. The molecule has 1 fully saturated rings. The fraction of sp³-hybridized carbons (Fsp3) is 0.400. The lowest BCUT2D eigenvalue weighted by molar-refractivity contribution is -0.122. The van der Waals surface area contributed by atoms with Gasteiger partial charge in [0, 0.05) is 31.6 Å². The van der Waals surface area contributed by atoms with E-state index >= 15 is 0 Å². The average Bonchev–Trinajstić information content (AvgIpc) is 3.60. The highest BCUT2D eigenvalue weighted by Crippen LogP contribution is 2.38. The van der Waals surface area contributed by atoms with E-state index in [1.807, 2.05) is 48.9 Å². The van der Waals surface area contributed by atoms with Gasteiger partial charge in [-0.05, 0) is 64.9 Å². The summed E-state index contributed by atoms with van der Waals surface area (Å²) in [6.07, 6.45) is 13.3. The van der Waals surface area contributed by atoms with E-state index in [4.69, 9.17) is 0 Å². The molecule has 0 radical (unpaired) electrons. The number of nitrogens with one attached hydrogen (secondary N) is 1. The first kappa shape index (κ1) is 20.9. The van der Waals surface area contributed by atoms with Crippen molar-refractivity contribution in [2.45, 2.75) is 51.0 Å². The van der Waals surface area contributed by atoms with Crippen LogP contribution in [0.2, 0.25) is 0 Å². The van der Waals surface area contributed by atoms with Crippen LogP contribution in [0.25, 0.3) is 5.65 Å². The smallest absolute Gasteiger partial charge is 0.222 e. The van der Waals surface area contributed by atoms with E-state index in [-0.39, 0.29) is 17.4 Å². The van der Waals surface area contributed by atoms with Gasteiger partial charge in [-0.2, -0.15) is 11.3 Å². The number of carbonyl (C=O) groups excluding carboxylic acids is 1. The fourth-order valence-electron chi connectivity index (χ4n) is 5.01. The normalized spacial score (nSPS) is 16.8. The molecule has 5 rings (SSSR count). The Morgan fingerprint density at radius 3 is 2.66 bits per heavy atom. The van der Waals surface area contributed by atoms with E-state index in [0.29, 0.717) is 13.0 Å². The van der Waals surface area contributed by atoms with Crippen molar-refractivity contribution >= 4 is 22.9 Å². The van der Waals surface area contributed by atoms with Crippen molar-refractivity contribution < 1.29 is 4.79 Å². The number of hydrogen-bond donors (Lipinski definition) is 1. The summed E-state index contributed by atoms with van der Waals surface area (Å²) in [4.78, 5) is 13.1. The number of hydrogen-bond acceptors (Lipinski definition) is 4. The maximum atomic E-state index is 13.1. The minimum absolute atomic E-state index is 0.0268. The molecule has 0 saturated heterocycles. The monoisotopic (exact) mass is 447 g/mol. The van der Waals surface area contributed by atoms with Gasteiger partial charge in [-0.15, -0.1) is 10.2 Å². The maximum absolute atomic E-state index is 13.1. The van der Waals surface area contributed by atoms with E-state index in [1.165, 1.54) is 24.8 Å². The van der Waals surface area contributed by atoms with E-state index in [9.17, 15) is 4.79 Å². The van der Waals surface area contributed by atoms with E-state index in [2.05, 4.69) is 41.3 Å². The van der Waals surface area contributed by atoms with Crippen molar-refractivity contribution in [3.63, 3.8) is 0 Å². The van der Waals surface area contributed by atoms with Crippen LogP contribution < -0.4 is 5.32 Å². The summed E-state index contributed by atoms with van der Waals surface area (Å²) in [6.45, 7) is 0.690. The zero-order chi connectivity index (χ0) is 21.8.